The Morgan fingerprint density at radius 1 is 1.03 bits per heavy atom. The Morgan fingerprint density at radius 3 is 2.40 bits per heavy atom. The molecule has 0 spiro atoms. The van der Waals surface area contributed by atoms with Crippen LogP contribution in [0.1, 0.15) is 16.1 Å². The van der Waals surface area contributed by atoms with E-state index in [0.29, 0.717) is 10.4 Å². The summed E-state index contributed by atoms with van der Waals surface area (Å²) >= 11 is 2.22. The Balaban J connectivity index is 2.00. The molecule has 1 amide bonds. The van der Waals surface area contributed by atoms with Gasteiger partial charge in [-0.15, -0.1) is 22.7 Å². The summed E-state index contributed by atoms with van der Waals surface area (Å²) < 4.78 is 41.6. The average Bonchev–Trinajstić information content (AvgIpc) is 3.41. The number of hydrogen-bond donors (Lipinski definition) is 2. The summed E-state index contributed by atoms with van der Waals surface area (Å²) in [5, 5.41) is 16.6. The van der Waals surface area contributed by atoms with E-state index in [4.69, 9.17) is 0 Å². The summed E-state index contributed by atoms with van der Waals surface area (Å²) in [6.45, 7) is 0. The van der Waals surface area contributed by atoms with Crippen molar-refractivity contribution in [3.63, 3.8) is 0 Å². The molecule has 0 saturated carbocycles. The second-order valence-electron chi connectivity index (χ2n) is 6.04. The number of halogens is 3. The van der Waals surface area contributed by atoms with E-state index in [9.17, 15) is 23.1 Å². The summed E-state index contributed by atoms with van der Waals surface area (Å²) in [5.74, 6) is -1.93. The van der Waals surface area contributed by atoms with E-state index in [1.807, 2.05) is 0 Å². The molecule has 0 bridgehead atoms. The monoisotopic (exact) mass is 447 g/mol. The Labute approximate surface area is 176 Å². The zero-order valence-electron chi connectivity index (χ0n) is 15.0. The van der Waals surface area contributed by atoms with Gasteiger partial charge in [0, 0.05) is 11.6 Å². The van der Waals surface area contributed by atoms with Gasteiger partial charge >= 0.3 is 6.18 Å². The number of aromatic hydroxyl groups is 1. The minimum absolute atomic E-state index is 0.0492. The second kappa shape index (κ2) is 7.88. The standard InChI is InChI=1S/C20H12F3N3O2S2/c21-20(22,23)17-14(18(28)26-19-24-8-10-30-19)16(27)13(11-5-2-1-3-6-11)15(25-17)12-7-4-9-29-12/h1-10H,(H,25,27)(H,24,26,28). The van der Waals surface area contributed by atoms with Crippen molar-refractivity contribution in [2.45, 2.75) is 6.18 Å². The molecule has 2 N–H and O–H groups in total. The molecule has 0 unspecified atom stereocenters. The predicted molar refractivity (Wildman–Crippen MR) is 110 cm³/mol. The SMILES string of the molecule is O=C(Nc1nccs1)c1c(C(F)(F)F)nc(-c2cccs2)c(-c2ccccc2)c1O. The number of hydrogen-bond acceptors (Lipinski definition) is 6. The maximum absolute atomic E-state index is 13.9. The molecule has 4 aromatic rings. The van der Waals surface area contributed by atoms with Crippen molar-refractivity contribution in [2.24, 2.45) is 0 Å². The van der Waals surface area contributed by atoms with Gasteiger partial charge in [0.25, 0.3) is 5.91 Å². The number of benzene rings is 1. The van der Waals surface area contributed by atoms with E-state index in [-0.39, 0.29) is 16.4 Å². The number of aromatic nitrogens is 2. The van der Waals surface area contributed by atoms with Gasteiger partial charge in [-0.05, 0) is 17.0 Å². The number of pyridine rings is 1. The first-order chi connectivity index (χ1) is 14.4. The van der Waals surface area contributed by atoms with E-state index >= 15 is 0 Å². The number of nitrogens with zero attached hydrogens (tertiary/aromatic N) is 2. The van der Waals surface area contributed by atoms with Crippen molar-refractivity contribution in [3.05, 3.63) is 70.7 Å². The van der Waals surface area contributed by atoms with Crippen molar-refractivity contribution >= 4 is 33.7 Å². The van der Waals surface area contributed by atoms with Gasteiger partial charge in [-0.25, -0.2) is 9.97 Å². The number of amides is 1. The zero-order valence-corrected chi connectivity index (χ0v) is 16.6. The summed E-state index contributed by atoms with van der Waals surface area (Å²) in [5.41, 5.74) is -1.97. The van der Waals surface area contributed by atoms with Crippen LogP contribution in [0, 0.1) is 0 Å². The third kappa shape index (κ3) is 3.79. The van der Waals surface area contributed by atoms with E-state index in [1.54, 1.807) is 53.2 Å². The van der Waals surface area contributed by atoms with Crippen LogP contribution in [0.15, 0.2) is 59.4 Å². The quantitative estimate of drug-likeness (QED) is 0.408. The van der Waals surface area contributed by atoms with Gasteiger partial charge in [0.05, 0.1) is 16.1 Å². The molecule has 3 aromatic heterocycles. The molecule has 10 heteroatoms. The first-order valence-electron chi connectivity index (χ1n) is 8.50. The minimum atomic E-state index is -4.96. The maximum atomic E-state index is 13.9. The number of carbonyl (C=O) groups excluding carboxylic acids is 1. The molecular formula is C20H12F3N3O2S2. The molecule has 3 heterocycles. The van der Waals surface area contributed by atoms with Crippen LogP contribution in [0.3, 0.4) is 0 Å². The van der Waals surface area contributed by atoms with Crippen molar-refractivity contribution in [1.29, 1.82) is 0 Å². The first-order valence-corrected chi connectivity index (χ1v) is 10.3. The lowest BCUT2D eigenvalue weighted by molar-refractivity contribution is -0.141. The highest BCUT2D eigenvalue weighted by Gasteiger charge is 2.41. The van der Waals surface area contributed by atoms with Crippen molar-refractivity contribution in [3.8, 4) is 27.4 Å². The van der Waals surface area contributed by atoms with Crippen LogP contribution >= 0.6 is 22.7 Å². The Morgan fingerprint density at radius 2 is 1.80 bits per heavy atom. The summed E-state index contributed by atoms with van der Waals surface area (Å²) in [4.78, 5) is 20.8. The maximum Gasteiger partial charge on any atom is 0.434 e. The Bertz CT molecular complexity index is 1180. The molecule has 0 aliphatic rings. The molecule has 1 aromatic carbocycles. The minimum Gasteiger partial charge on any atom is -0.506 e. The molecule has 4 rings (SSSR count). The van der Waals surface area contributed by atoms with Gasteiger partial charge in [0.15, 0.2) is 10.8 Å². The lowest BCUT2D eigenvalue weighted by atomic mass is 9.97. The first kappa shape index (κ1) is 20.0. The number of alkyl halides is 3. The largest absolute Gasteiger partial charge is 0.506 e. The number of carbonyl (C=O) groups is 1. The Kier molecular flexibility index (Phi) is 5.27. The highest BCUT2D eigenvalue weighted by atomic mass is 32.1. The molecule has 0 aliphatic heterocycles. The highest BCUT2D eigenvalue weighted by Crippen LogP contribution is 2.45. The van der Waals surface area contributed by atoms with Crippen molar-refractivity contribution < 1.29 is 23.1 Å². The van der Waals surface area contributed by atoms with Gasteiger partial charge < -0.3 is 5.11 Å². The van der Waals surface area contributed by atoms with Crippen LogP contribution in [0.4, 0.5) is 18.3 Å². The van der Waals surface area contributed by atoms with Gasteiger partial charge in [-0.1, -0.05) is 36.4 Å². The number of thiazole rings is 1. The molecule has 0 fully saturated rings. The molecule has 30 heavy (non-hydrogen) atoms. The molecule has 0 saturated heterocycles. The van der Waals surface area contributed by atoms with Gasteiger partial charge in [-0.3, -0.25) is 10.1 Å². The fourth-order valence-corrected chi connectivity index (χ4v) is 4.15. The number of anilines is 1. The average molecular weight is 447 g/mol. The molecule has 0 atom stereocenters. The fraction of sp³-hybridized carbons (Fsp3) is 0.0500. The lowest BCUT2D eigenvalue weighted by Gasteiger charge is -2.18. The van der Waals surface area contributed by atoms with E-state index < -0.39 is 29.1 Å². The smallest absolute Gasteiger partial charge is 0.434 e. The van der Waals surface area contributed by atoms with Crippen LogP contribution in [0.5, 0.6) is 5.75 Å². The van der Waals surface area contributed by atoms with E-state index in [1.165, 1.54) is 17.5 Å². The topological polar surface area (TPSA) is 75.1 Å². The normalized spacial score (nSPS) is 11.4. The molecule has 152 valence electrons. The molecule has 0 aliphatic carbocycles. The summed E-state index contributed by atoms with van der Waals surface area (Å²) in [6, 6.07) is 11.6. The summed E-state index contributed by atoms with van der Waals surface area (Å²) in [6.07, 6.45) is -3.56. The number of nitrogens with one attached hydrogen (secondary N) is 1. The van der Waals surface area contributed by atoms with Crippen LogP contribution < -0.4 is 5.32 Å². The predicted octanol–water partition coefficient (Wildman–Crippen LogP) is 5.91. The summed E-state index contributed by atoms with van der Waals surface area (Å²) in [7, 11) is 0. The van der Waals surface area contributed by atoms with Crippen molar-refractivity contribution in [1.82, 2.24) is 9.97 Å². The number of thiophene rings is 1. The fourth-order valence-electron chi connectivity index (χ4n) is 2.91. The zero-order chi connectivity index (χ0) is 21.3. The van der Waals surface area contributed by atoms with Crippen LogP contribution in [-0.4, -0.2) is 21.0 Å². The van der Waals surface area contributed by atoms with Gasteiger partial charge in [0.2, 0.25) is 0 Å². The van der Waals surface area contributed by atoms with Crippen molar-refractivity contribution in [2.75, 3.05) is 5.32 Å². The van der Waals surface area contributed by atoms with Gasteiger partial charge in [0.1, 0.15) is 11.3 Å². The lowest BCUT2D eigenvalue weighted by Crippen LogP contribution is -2.21. The molecular weight excluding hydrogens is 435 g/mol. The number of rotatable bonds is 4. The van der Waals surface area contributed by atoms with Gasteiger partial charge in [-0.2, -0.15) is 13.2 Å². The molecule has 0 radical (unpaired) electrons. The third-order valence-electron chi connectivity index (χ3n) is 4.14. The van der Waals surface area contributed by atoms with E-state index in [2.05, 4.69) is 15.3 Å². The highest BCUT2D eigenvalue weighted by molar-refractivity contribution is 7.14. The van der Waals surface area contributed by atoms with E-state index in [0.717, 1.165) is 11.3 Å². The third-order valence-corrected chi connectivity index (χ3v) is 5.70. The van der Waals surface area contributed by atoms with Crippen LogP contribution in [-0.2, 0) is 6.18 Å². The Hall–Kier alpha value is -3.24. The van der Waals surface area contributed by atoms with Crippen LogP contribution in [0.2, 0.25) is 0 Å². The second-order valence-corrected chi connectivity index (χ2v) is 7.88. The van der Waals surface area contributed by atoms with Crippen LogP contribution in [0.25, 0.3) is 21.7 Å². The molecule has 5 nitrogen and oxygen atoms in total.